The van der Waals surface area contributed by atoms with Gasteiger partial charge in [-0.1, -0.05) is 38.1 Å². The summed E-state index contributed by atoms with van der Waals surface area (Å²) in [5.41, 5.74) is 2.34. The quantitative estimate of drug-likeness (QED) is 0.780. The van der Waals surface area contributed by atoms with Gasteiger partial charge in [-0.05, 0) is 41.3 Å². The van der Waals surface area contributed by atoms with E-state index < -0.39 is 17.4 Å². The normalized spacial score (nSPS) is 29.0. The number of ether oxygens (including phenoxy) is 1. The lowest BCUT2D eigenvalue weighted by molar-refractivity contribution is -0.132. The fraction of sp³-hybridized carbons (Fsp3) is 0.375. The van der Waals surface area contributed by atoms with Gasteiger partial charge in [0.25, 0.3) is 0 Å². The molecule has 3 aliphatic heterocycles. The van der Waals surface area contributed by atoms with Crippen LogP contribution in [0.3, 0.4) is 0 Å². The third-order valence-corrected chi connectivity index (χ3v) is 6.49. The molecule has 4 atom stereocenters. The molecule has 0 radical (unpaired) electrons. The van der Waals surface area contributed by atoms with E-state index in [1.165, 1.54) is 5.56 Å². The van der Waals surface area contributed by atoms with Gasteiger partial charge in [0.05, 0.1) is 24.5 Å². The van der Waals surface area contributed by atoms with Gasteiger partial charge in [-0.25, -0.2) is 0 Å². The molecule has 0 unspecified atom stereocenters. The highest BCUT2D eigenvalue weighted by Gasteiger charge is 2.67. The Hall–Kier alpha value is -2.99. The maximum Gasteiger partial charge on any atom is 0.234 e. The summed E-state index contributed by atoms with van der Waals surface area (Å²) in [6.07, 6.45) is 6.97. The van der Waals surface area contributed by atoms with Crippen molar-refractivity contribution < 1.29 is 14.3 Å². The van der Waals surface area contributed by atoms with Crippen LogP contribution in [0.5, 0.6) is 0 Å². The first-order valence-electron chi connectivity index (χ1n) is 10.4. The molecule has 2 aromatic rings. The van der Waals surface area contributed by atoms with Crippen LogP contribution in [-0.4, -0.2) is 35.0 Å². The molecular weight excluding hydrogens is 378 g/mol. The molecule has 30 heavy (non-hydrogen) atoms. The van der Waals surface area contributed by atoms with Crippen LogP contribution in [-0.2, 0) is 20.9 Å². The van der Waals surface area contributed by atoms with Gasteiger partial charge in [-0.15, -0.1) is 0 Å². The molecule has 1 aromatic heterocycles. The lowest BCUT2D eigenvalue weighted by atomic mass is 9.77. The van der Waals surface area contributed by atoms with E-state index in [1.807, 2.05) is 36.4 Å². The Morgan fingerprint density at radius 1 is 1.23 bits per heavy atom. The predicted molar refractivity (Wildman–Crippen MR) is 113 cm³/mol. The first-order valence-corrected chi connectivity index (χ1v) is 10.4. The van der Waals surface area contributed by atoms with Crippen molar-refractivity contribution in [3.8, 4) is 0 Å². The van der Waals surface area contributed by atoms with Crippen molar-refractivity contribution in [1.82, 2.24) is 10.3 Å². The van der Waals surface area contributed by atoms with Crippen molar-refractivity contribution in [2.24, 2.45) is 11.8 Å². The molecule has 0 saturated carbocycles. The van der Waals surface area contributed by atoms with E-state index in [9.17, 15) is 9.59 Å². The van der Waals surface area contributed by atoms with Crippen molar-refractivity contribution in [3.63, 3.8) is 0 Å². The maximum absolute atomic E-state index is 13.4. The number of carbonyl (C=O) groups excluding carboxylic acids is 2. The molecule has 4 heterocycles. The Bertz CT molecular complexity index is 1000. The van der Waals surface area contributed by atoms with Crippen molar-refractivity contribution >= 4 is 17.5 Å². The number of hydrogen-bond donors (Lipinski definition) is 1. The first kappa shape index (κ1) is 19.0. The van der Waals surface area contributed by atoms with E-state index in [-0.39, 0.29) is 17.9 Å². The van der Waals surface area contributed by atoms with Gasteiger partial charge in [-0.3, -0.25) is 14.6 Å². The maximum atomic E-state index is 13.4. The summed E-state index contributed by atoms with van der Waals surface area (Å²) >= 11 is 0. The Kier molecular flexibility index (Phi) is 4.47. The van der Waals surface area contributed by atoms with E-state index >= 15 is 0 Å². The standard InChI is InChI=1S/C24H25N3O3/c1-15(2)17-3-5-18(6-4-17)27-14-24-10-7-19(30-24)20(21(24)23(27)29)22(28)26-13-16-8-11-25-12-9-16/h3-12,15,19-21H,13-14H2,1-2H3,(H,26,28)/t19-,20+,21+,24-/m1/s1. The molecule has 1 aromatic carbocycles. The first-order chi connectivity index (χ1) is 14.5. The average Bonchev–Trinajstić information content (AvgIpc) is 3.41. The number of benzene rings is 1. The summed E-state index contributed by atoms with van der Waals surface area (Å²) in [5.74, 6) is -0.748. The van der Waals surface area contributed by atoms with E-state index in [0.717, 1.165) is 11.3 Å². The highest BCUT2D eigenvalue weighted by molar-refractivity contribution is 6.03. The number of nitrogens with one attached hydrogen (secondary N) is 1. The number of amides is 2. The van der Waals surface area contributed by atoms with Gasteiger partial charge >= 0.3 is 0 Å². The minimum absolute atomic E-state index is 0.0387. The smallest absolute Gasteiger partial charge is 0.234 e. The number of pyridine rings is 1. The molecule has 6 nitrogen and oxygen atoms in total. The molecule has 1 spiro atoms. The minimum atomic E-state index is -0.711. The largest absolute Gasteiger partial charge is 0.360 e. The van der Waals surface area contributed by atoms with Gasteiger partial charge < -0.3 is 15.0 Å². The van der Waals surface area contributed by atoms with E-state index in [0.29, 0.717) is 19.0 Å². The molecule has 2 fully saturated rings. The highest BCUT2D eigenvalue weighted by Crippen LogP contribution is 2.52. The lowest BCUT2D eigenvalue weighted by Crippen LogP contribution is -2.43. The Balaban J connectivity index is 1.36. The lowest BCUT2D eigenvalue weighted by Gasteiger charge is -2.23. The summed E-state index contributed by atoms with van der Waals surface area (Å²) in [6, 6.07) is 11.8. The van der Waals surface area contributed by atoms with Crippen LogP contribution in [0.2, 0.25) is 0 Å². The summed E-state index contributed by atoms with van der Waals surface area (Å²) in [4.78, 5) is 32.2. The molecule has 6 heteroatoms. The van der Waals surface area contributed by atoms with Crippen LogP contribution < -0.4 is 10.2 Å². The molecule has 2 bridgehead atoms. The molecule has 1 N–H and O–H groups in total. The third kappa shape index (κ3) is 2.94. The van der Waals surface area contributed by atoms with Crippen molar-refractivity contribution in [3.05, 3.63) is 72.1 Å². The molecule has 5 rings (SSSR count). The number of hydrogen-bond acceptors (Lipinski definition) is 4. The van der Waals surface area contributed by atoms with Crippen LogP contribution >= 0.6 is 0 Å². The van der Waals surface area contributed by atoms with Crippen LogP contribution in [0.4, 0.5) is 5.69 Å². The summed E-state index contributed by atoms with van der Waals surface area (Å²) in [7, 11) is 0. The predicted octanol–water partition coefficient (Wildman–Crippen LogP) is 2.81. The van der Waals surface area contributed by atoms with Gasteiger partial charge in [0.1, 0.15) is 5.60 Å². The average molecular weight is 403 g/mol. The fourth-order valence-corrected chi connectivity index (χ4v) is 4.86. The van der Waals surface area contributed by atoms with Gasteiger partial charge in [0, 0.05) is 24.6 Å². The second kappa shape index (κ2) is 7.06. The van der Waals surface area contributed by atoms with Crippen LogP contribution in [0.15, 0.2) is 60.9 Å². The minimum Gasteiger partial charge on any atom is -0.360 e. The molecular formula is C24H25N3O3. The number of anilines is 1. The van der Waals surface area contributed by atoms with Crippen LogP contribution in [0, 0.1) is 11.8 Å². The van der Waals surface area contributed by atoms with E-state index in [2.05, 4.69) is 36.3 Å². The second-order valence-electron chi connectivity index (χ2n) is 8.64. The van der Waals surface area contributed by atoms with E-state index in [1.54, 1.807) is 17.3 Å². The number of fused-ring (bicyclic) bond motifs is 1. The summed E-state index contributed by atoms with van der Waals surface area (Å²) < 4.78 is 6.21. The van der Waals surface area contributed by atoms with Crippen molar-refractivity contribution in [1.29, 1.82) is 0 Å². The van der Waals surface area contributed by atoms with Gasteiger partial charge in [-0.2, -0.15) is 0 Å². The fourth-order valence-electron chi connectivity index (χ4n) is 4.86. The van der Waals surface area contributed by atoms with Crippen molar-refractivity contribution in [2.75, 3.05) is 11.4 Å². The zero-order chi connectivity index (χ0) is 20.9. The second-order valence-corrected chi connectivity index (χ2v) is 8.64. The number of carbonyl (C=O) groups is 2. The molecule has 2 saturated heterocycles. The molecule has 2 amide bonds. The Morgan fingerprint density at radius 2 is 1.97 bits per heavy atom. The zero-order valence-corrected chi connectivity index (χ0v) is 17.1. The van der Waals surface area contributed by atoms with Crippen LogP contribution in [0.25, 0.3) is 0 Å². The molecule has 3 aliphatic rings. The van der Waals surface area contributed by atoms with Gasteiger partial charge in [0.15, 0.2) is 0 Å². The number of rotatable bonds is 5. The zero-order valence-electron chi connectivity index (χ0n) is 17.1. The van der Waals surface area contributed by atoms with Crippen LogP contribution in [0.1, 0.15) is 30.9 Å². The molecule has 0 aliphatic carbocycles. The highest BCUT2D eigenvalue weighted by atomic mass is 16.5. The SMILES string of the molecule is CC(C)c1ccc(N2C[C@@]34C=C[C@@H](O3)[C@H](C(=O)NCc3ccncc3)[C@H]4C2=O)cc1. The molecule has 154 valence electrons. The summed E-state index contributed by atoms with van der Waals surface area (Å²) in [6.45, 7) is 5.14. The van der Waals surface area contributed by atoms with Crippen molar-refractivity contribution in [2.45, 2.75) is 38.0 Å². The van der Waals surface area contributed by atoms with Gasteiger partial charge in [0.2, 0.25) is 11.8 Å². The number of nitrogens with zero attached hydrogens (tertiary/aromatic N) is 2. The monoisotopic (exact) mass is 403 g/mol. The summed E-state index contributed by atoms with van der Waals surface area (Å²) in [5, 5.41) is 2.98. The Morgan fingerprint density at radius 3 is 2.67 bits per heavy atom. The topological polar surface area (TPSA) is 71.5 Å². The Labute approximate surface area is 175 Å². The van der Waals surface area contributed by atoms with E-state index in [4.69, 9.17) is 4.74 Å². The third-order valence-electron chi connectivity index (χ3n) is 6.49. The number of aromatic nitrogens is 1.